The van der Waals surface area contributed by atoms with Gasteiger partial charge >= 0.3 is 11.7 Å². The van der Waals surface area contributed by atoms with Crippen molar-refractivity contribution in [2.24, 2.45) is 5.11 Å². The van der Waals surface area contributed by atoms with Gasteiger partial charge in [-0.2, -0.15) is 4.39 Å². The Morgan fingerprint density at radius 1 is 1.37 bits per heavy atom. The van der Waals surface area contributed by atoms with Gasteiger partial charge in [0.25, 0.3) is 0 Å². The van der Waals surface area contributed by atoms with E-state index in [1.807, 2.05) is 4.91 Å². The summed E-state index contributed by atoms with van der Waals surface area (Å²) in [7, 11) is 0.739. The summed E-state index contributed by atoms with van der Waals surface area (Å²) in [6, 6.07) is 0. The molecule has 0 unspecified atom stereocenters. The predicted molar refractivity (Wildman–Crippen MR) is 53.1 cm³/mol. The second-order valence-electron chi connectivity index (χ2n) is 2.95. The van der Waals surface area contributed by atoms with E-state index in [1.165, 1.54) is 0 Å². The minimum Gasteiger partial charge on any atom is -0.465 e. The molecule has 0 radical (unpaired) electrons. The molecule has 0 aromatic heterocycles. The first-order valence-electron chi connectivity index (χ1n) is 4.35. The van der Waals surface area contributed by atoms with Crippen molar-refractivity contribution in [2.45, 2.75) is 0 Å². The van der Waals surface area contributed by atoms with Crippen LogP contribution in [0.1, 0.15) is 10.4 Å². The van der Waals surface area contributed by atoms with Gasteiger partial charge in [0.2, 0.25) is 5.82 Å². The van der Waals surface area contributed by atoms with E-state index < -0.39 is 45.3 Å². The van der Waals surface area contributed by atoms with Crippen molar-refractivity contribution in [3.05, 3.63) is 43.6 Å². The van der Waals surface area contributed by atoms with E-state index in [0.717, 1.165) is 7.11 Å². The van der Waals surface area contributed by atoms with Gasteiger partial charge in [0.15, 0.2) is 17.2 Å². The number of benzene rings is 1. The van der Waals surface area contributed by atoms with Gasteiger partial charge in [0, 0.05) is 4.91 Å². The number of nitro groups is 1. The molecule has 0 spiro atoms. The van der Waals surface area contributed by atoms with Gasteiger partial charge in [-0.3, -0.25) is 10.1 Å². The first-order chi connectivity index (χ1) is 8.86. The van der Waals surface area contributed by atoms with Gasteiger partial charge in [-0.25, -0.2) is 13.6 Å². The fourth-order valence-corrected chi connectivity index (χ4v) is 1.23. The summed E-state index contributed by atoms with van der Waals surface area (Å²) < 4.78 is 44.4. The molecular weight excluding hydrogens is 273 g/mol. The molecule has 11 heteroatoms. The highest BCUT2D eigenvalue weighted by molar-refractivity contribution is 5.95. The monoisotopic (exact) mass is 276 g/mol. The first kappa shape index (κ1) is 14.3. The lowest BCUT2D eigenvalue weighted by Gasteiger charge is -2.06. The highest BCUT2D eigenvalue weighted by Gasteiger charge is 2.36. The molecule has 0 aliphatic heterocycles. The number of hydrogen-bond donors (Lipinski definition) is 0. The van der Waals surface area contributed by atoms with Crippen molar-refractivity contribution in [3.63, 3.8) is 0 Å². The second kappa shape index (κ2) is 5.23. The maximum absolute atomic E-state index is 13.6. The van der Waals surface area contributed by atoms with Gasteiger partial charge in [-0.15, -0.1) is 0 Å². The summed E-state index contributed by atoms with van der Waals surface area (Å²) in [6.07, 6.45) is 0. The van der Waals surface area contributed by atoms with Crippen LogP contribution in [-0.4, -0.2) is 18.0 Å². The molecule has 1 aromatic rings. The molecule has 100 valence electrons. The van der Waals surface area contributed by atoms with E-state index in [-0.39, 0.29) is 0 Å². The Bertz CT molecular complexity index is 627. The number of carbonyl (C=O) groups excluding carboxylic acids is 1. The van der Waals surface area contributed by atoms with Crippen molar-refractivity contribution >= 4 is 17.3 Å². The molecule has 19 heavy (non-hydrogen) atoms. The maximum atomic E-state index is 13.6. The summed E-state index contributed by atoms with van der Waals surface area (Å²) in [5.74, 6) is -7.68. The van der Waals surface area contributed by atoms with Gasteiger partial charge < -0.3 is 4.74 Å². The number of azide groups is 1. The van der Waals surface area contributed by atoms with Crippen molar-refractivity contribution in [1.82, 2.24) is 0 Å². The summed E-state index contributed by atoms with van der Waals surface area (Å²) in [5, 5.41) is 13.1. The Morgan fingerprint density at radius 2 is 1.95 bits per heavy atom. The van der Waals surface area contributed by atoms with E-state index in [4.69, 9.17) is 5.53 Å². The van der Waals surface area contributed by atoms with Crippen molar-refractivity contribution in [3.8, 4) is 0 Å². The van der Waals surface area contributed by atoms with Crippen LogP contribution in [0.2, 0.25) is 0 Å². The number of methoxy groups -OCH3 is 1. The van der Waals surface area contributed by atoms with E-state index in [9.17, 15) is 28.1 Å². The van der Waals surface area contributed by atoms with Crippen LogP contribution < -0.4 is 0 Å². The number of ether oxygens (including phenoxy) is 1. The second-order valence-corrected chi connectivity index (χ2v) is 2.95. The van der Waals surface area contributed by atoms with Crippen molar-refractivity contribution < 1.29 is 27.6 Å². The number of carbonyl (C=O) groups is 1. The smallest absolute Gasteiger partial charge is 0.348 e. The SMILES string of the molecule is COC(=O)c1c(F)c(F)c(N=[N+]=[N-])c(F)c1[N+](=O)[O-]. The zero-order chi connectivity index (χ0) is 14.7. The molecule has 8 nitrogen and oxygen atoms in total. The van der Waals surface area contributed by atoms with E-state index in [1.54, 1.807) is 0 Å². The lowest BCUT2D eigenvalue weighted by Crippen LogP contribution is -2.12. The Kier molecular flexibility index (Phi) is 3.92. The Balaban J connectivity index is 3.90. The first-order valence-corrected chi connectivity index (χ1v) is 4.35. The van der Waals surface area contributed by atoms with Crippen LogP contribution >= 0.6 is 0 Å². The standard InChI is InChI=1S/C8H3F3N4O4/c1-19-8(16)2-3(9)4(10)6(13-14-12)5(11)7(2)15(17)18/h1H3. The molecule has 0 bridgehead atoms. The van der Waals surface area contributed by atoms with Gasteiger partial charge in [-0.05, 0) is 5.53 Å². The van der Waals surface area contributed by atoms with Crippen molar-refractivity contribution in [1.29, 1.82) is 0 Å². The summed E-state index contributed by atoms with van der Waals surface area (Å²) >= 11 is 0. The minimum absolute atomic E-state index is 0.739. The molecule has 0 saturated heterocycles. The van der Waals surface area contributed by atoms with Crippen molar-refractivity contribution in [2.75, 3.05) is 7.11 Å². The predicted octanol–water partition coefficient (Wildman–Crippen LogP) is 2.74. The third kappa shape index (κ3) is 2.26. The molecule has 0 saturated carbocycles. The van der Waals surface area contributed by atoms with Crippen LogP contribution in [0.3, 0.4) is 0 Å². The molecule has 1 rings (SSSR count). The van der Waals surface area contributed by atoms with Crippen LogP contribution in [0.5, 0.6) is 0 Å². The van der Waals surface area contributed by atoms with Crippen LogP contribution in [0.25, 0.3) is 10.4 Å². The van der Waals surface area contributed by atoms with E-state index in [2.05, 4.69) is 9.85 Å². The Morgan fingerprint density at radius 3 is 2.37 bits per heavy atom. The number of hydrogen-bond acceptors (Lipinski definition) is 5. The van der Waals surface area contributed by atoms with Crippen LogP contribution in [0.4, 0.5) is 24.5 Å². The maximum Gasteiger partial charge on any atom is 0.348 e. The average Bonchev–Trinajstić information content (AvgIpc) is 2.37. The number of nitro benzene ring substituents is 1. The topological polar surface area (TPSA) is 118 Å². The zero-order valence-electron chi connectivity index (χ0n) is 9.06. The number of nitrogens with zero attached hydrogens (tertiary/aromatic N) is 4. The third-order valence-electron chi connectivity index (χ3n) is 1.99. The molecule has 0 aliphatic rings. The van der Waals surface area contributed by atoms with E-state index in [0.29, 0.717) is 0 Å². The highest BCUT2D eigenvalue weighted by Crippen LogP contribution is 2.36. The van der Waals surface area contributed by atoms with Crippen LogP contribution in [0, 0.1) is 27.6 Å². The molecule has 0 N–H and O–H groups in total. The molecule has 0 aliphatic carbocycles. The number of rotatable bonds is 3. The van der Waals surface area contributed by atoms with Crippen LogP contribution in [0.15, 0.2) is 5.11 Å². The molecule has 0 atom stereocenters. The molecule has 0 heterocycles. The fourth-order valence-electron chi connectivity index (χ4n) is 1.23. The minimum atomic E-state index is -2.04. The lowest BCUT2D eigenvalue weighted by molar-refractivity contribution is -0.388. The van der Waals surface area contributed by atoms with E-state index >= 15 is 0 Å². The number of halogens is 3. The summed E-state index contributed by atoms with van der Waals surface area (Å²) in [5.41, 5.74) is 3.31. The zero-order valence-corrected chi connectivity index (χ0v) is 9.06. The Labute approximate surface area is 102 Å². The van der Waals surface area contributed by atoms with Crippen LogP contribution in [-0.2, 0) is 4.74 Å². The lowest BCUT2D eigenvalue weighted by atomic mass is 10.1. The van der Waals surface area contributed by atoms with Gasteiger partial charge in [-0.1, -0.05) is 5.11 Å². The number of esters is 1. The highest BCUT2D eigenvalue weighted by atomic mass is 19.2. The normalized spacial score (nSPS) is 9.68. The quantitative estimate of drug-likeness (QED) is 0.160. The molecule has 0 fully saturated rings. The fraction of sp³-hybridized carbons (Fsp3) is 0.125. The van der Waals surface area contributed by atoms with Gasteiger partial charge in [0.05, 0.1) is 12.0 Å². The summed E-state index contributed by atoms with van der Waals surface area (Å²) in [6.45, 7) is 0. The average molecular weight is 276 g/mol. The Hall–Kier alpha value is -2.81. The molecular formula is C8H3F3N4O4. The van der Waals surface area contributed by atoms with Gasteiger partial charge in [0.1, 0.15) is 5.69 Å². The third-order valence-corrected chi connectivity index (χ3v) is 1.99. The largest absolute Gasteiger partial charge is 0.465 e. The molecule has 1 aromatic carbocycles. The molecule has 0 amide bonds. The summed E-state index contributed by atoms with van der Waals surface area (Å²) in [4.78, 5) is 22.3.